The molecule has 0 aromatic carbocycles. The Morgan fingerprint density at radius 1 is 1.48 bits per heavy atom. The minimum Gasteiger partial charge on any atom is -0.355 e. The van der Waals surface area contributed by atoms with E-state index in [1.807, 2.05) is 6.92 Å². The number of sulfonamides is 1. The average Bonchev–Trinajstić information content (AvgIpc) is 2.40. The van der Waals surface area contributed by atoms with Gasteiger partial charge in [0.05, 0.1) is 11.2 Å². The van der Waals surface area contributed by atoms with Crippen molar-refractivity contribution in [2.75, 3.05) is 31.9 Å². The van der Waals surface area contributed by atoms with Crippen molar-refractivity contribution in [3.63, 3.8) is 0 Å². The Morgan fingerprint density at radius 3 is 2.67 bits per heavy atom. The van der Waals surface area contributed by atoms with E-state index in [2.05, 4.69) is 10.6 Å². The average molecular weight is 317 g/mol. The summed E-state index contributed by atoms with van der Waals surface area (Å²) in [5.41, 5.74) is -0.563. The molecule has 2 saturated heterocycles. The molecule has 2 fully saturated rings. The second-order valence-corrected chi connectivity index (χ2v) is 8.39. The monoisotopic (exact) mass is 317 g/mol. The van der Waals surface area contributed by atoms with Gasteiger partial charge >= 0.3 is 0 Å². The molecule has 0 aromatic rings. The second-order valence-electron chi connectivity index (χ2n) is 6.13. The lowest BCUT2D eigenvalue weighted by atomic mass is 9.81. The molecule has 2 heterocycles. The molecular weight excluding hydrogens is 294 g/mol. The molecule has 0 radical (unpaired) electrons. The van der Waals surface area contributed by atoms with Crippen LogP contribution >= 0.6 is 0 Å². The zero-order valence-electron chi connectivity index (χ0n) is 12.5. The zero-order chi connectivity index (χ0) is 15.7. The highest BCUT2D eigenvalue weighted by atomic mass is 32.2. The van der Waals surface area contributed by atoms with Crippen molar-refractivity contribution in [3.05, 3.63) is 0 Å². The van der Waals surface area contributed by atoms with E-state index in [9.17, 15) is 18.0 Å². The summed E-state index contributed by atoms with van der Waals surface area (Å²) in [5.74, 6) is 0.208. The smallest absolute Gasteiger partial charge is 0.227 e. The van der Waals surface area contributed by atoms with Crippen molar-refractivity contribution >= 4 is 21.8 Å². The van der Waals surface area contributed by atoms with Crippen LogP contribution in [0.5, 0.6) is 0 Å². The van der Waals surface area contributed by atoms with Gasteiger partial charge in [-0.15, -0.1) is 0 Å². The van der Waals surface area contributed by atoms with Crippen LogP contribution in [0.1, 0.15) is 26.7 Å². The molecular formula is C13H23N3O4S. The standard InChI is InChI=1S/C13H23N3O4S/c1-3-21(19,20)16-7-10(8-16)6-14-12(18)13(2)5-4-11(17)15-9-13/h10H,3-9H2,1-2H3,(H,14,18)(H,15,17). The van der Waals surface area contributed by atoms with E-state index in [1.165, 1.54) is 4.31 Å². The van der Waals surface area contributed by atoms with E-state index in [0.717, 1.165) is 0 Å². The van der Waals surface area contributed by atoms with Gasteiger partial charge in [0.15, 0.2) is 0 Å². The van der Waals surface area contributed by atoms with E-state index >= 15 is 0 Å². The first kappa shape index (κ1) is 16.2. The minimum absolute atomic E-state index is 0.0142. The lowest BCUT2D eigenvalue weighted by molar-refractivity contribution is -0.134. The Labute approximate surface area is 125 Å². The van der Waals surface area contributed by atoms with E-state index in [-0.39, 0.29) is 23.5 Å². The van der Waals surface area contributed by atoms with Crippen molar-refractivity contribution in [1.82, 2.24) is 14.9 Å². The number of hydrogen-bond acceptors (Lipinski definition) is 4. The Hall–Kier alpha value is -1.15. The molecule has 1 atom stereocenters. The Balaban J connectivity index is 1.75. The first-order valence-corrected chi connectivity index (χ1v) is 8.90. The predicted octanol–water partition coefficient (Wildman–Crippen LogP) is -0.700. The third-order valence-corrected chi connectivity index (χ3v) is 6.18. The molecule has 0 bridgehead atoms. The fourth-order valence-electron chi connectivity index (χ4n) is 2.57. The lowest BCUT2D eigenvalue weighted by Gasteiger charge is -2.39. The van der Waals surface area contributed by atoms with E-state index in [0.29, 0.717) is 39.0 Å². The summed E-state index contributed by atoms with van der Waals surface area (Å²) in [5, 5.41) is 5.60. The van der Waals surface area contributed by atoms with Gasteiger partial charge in [-0.2, -0.15) is 0 Å². The van der Waals surface area contributed by atoms with Crippen LogP contribution in [0, 0.1) is 11.3 Å². The molecule has 7 nitrogen and oxygen atoms in total. The SMILES string of the molecule is CCS(=O)(=O)N1CC(CNC(=O)C2(C)CCC(=O)NC2)C1. The molecule has 1 unspecified atom stereocenters. The first-order chi connectivity index (χ1) is 9.77. The van der Waals surface area contributed by atoms with Gasteiger partial charge in [0.1, 0.15) is 0 Å². The van der Waals surface area contributed by atoms with Crippen LogP contribution in [-0.4, -0.2) is 56.5 Å². The zero-order valence-corrected chi connectivity index (χ0v) is 13.3. The summed E-state index contributed by atoms with van der Waals surface area (Å²) in [6, 6.07) is 0. The minimum atomic E-state index is -3.10. The van der Waals surface area contributed by atoms with E-state index in [1.54, 1.807) is 6.92 Å². The molecule has 2 rings (SSSR count). The van der Waals surface area contributed by atoms with Gasteiger partial charge in [0.25, 0.3) is 0 Å². The fourth-order valence-corrected chi connectivity index (χ4v) is 3.81. The number of nitrogens with zero attached hydrogens (tertiary/aromatic N) is 1. The van der Waals surface area contributed by atoms with Crippen LogP contribution < -0.4 is 10.6 Å². The van der Waals surface area contributed by atoms with Crippen molar-refractivity contribution < 1.29 is 18.0 Å². The maximum Gasteiger partial charge on any atom is 0.227 e. The Bertz CT molecular complexity index is 516. The van der Waals surface area contributed by atoms with Gasteiger partial charge in [-0.25, -0.2) is 12.7 Å². The van der Waals surface area contributed by atoms with Gasteiger partial charge < -0.3 is 10.6 Å². The third kappa shape index (κ3) is 3.55. The van der Waals surface area contributed by atoms with Crippen LogP contribution in [0.25, 0.3) is 0 Å². The lowest BCUT2D eigenvalue weighted by Crippen LogP contribution is -2.56. The highest BCUT2D eigenvalue weighted by molar-refractivity contribution is 7.89. The molecule has 2 N–H and O–H groups in total. The molecule has 2 amide bonds. The van der Waals surface area contributed by atoms with Crippen LogP contribution in [0.15, 0.2) is 0 Å². The maximum atomic E-state index is 12.2. The predicted molar refractivity (Wildman–Crippen MR) is 77.9 cm³/mol. The molecule has 0 aromatic heterocycles. The van der Waals surface area contributed by atoms with Gasteiger partial charge in [-0.3, -0.25) is 9.59 Å². The van der Waals surface area contributed by atoms with Gasteiger partial charge in [0.2, 0.25) is 21.8 Å². The Morgan fingerprint density at radius 2 is 2.14 bits per heavy atom. The summed E-state index contributed by atoms with van der Waals surface area (Å²) in [4.78, 5) is 23.4. The van der Waals surface area contributed by atoms with Crippen molar-refractivity contribution in [3.8, 4) is 0 Å². The maximum absolute atomic E-state index is 12.2. The summed E-state index contributed by atoms with van der Waals surface area (Å²) < 4.78 is 24.6. The summed E-state index contributed by atoms with van der Waals surface area (Å²) in [7, 11) is -3.10. The molecule has 8 heteroatoms. The molecule has 21 heavy (non-hydrogen) atoms. The quantitative estimate of drug-likeness (QED) is 0.701. The summed E-state index contributed by atoms with van der Waals surface area (Å²) in [6.45, 7) is 5.27. The van der Waals surface area contributed by atoms with Crippen LogP contribution in [0.4, 0.5) is 0 Å². The molecule has 0 saturated carbocycles. The molecule has 2 aliphatic heterocycles. The number of hydrogen-bond donors (Lipinski definition) is 2. The van der Waals surface area contributed by atoms with Crippen molar-refractivity contribution in [1.29, 1.82) is 0 Å². The van der Waals surface area contributed by atoms with Gasteiger partial charge in [0, 0.05) is 38.5 Å². The van der Waals surface area contributed by atoms with Crippen LogP contribution in [0.2, 0.25) is 0 Å². The molecule has 120 valence electrons. The van der Waals surface area contributed by atoms with E-state index in [4.69, 9.17) is 0 Å². The number of rotatable bonds is 5. The number of carbonyl (C=O) groups excluding carboxylic acids is 2. The van der Waals surface area contributed by atoms with Gasteiger partial charge in [-0.05, 0) is 20.3 Å². The van der Waals surface area contributed by atoms with Crippen LogP contribution in [-0.2, 0) is 19.6 Å². The van der Waals surface area contributed by atoms with Crippen molar-refractivity contribution in [2.24, 2.45) is 11.3 Å². The largest absolute Gasteiger partial charge is 0.355 e. The van der Waals surface area contributed by atoms with Crippen molar-refractivity contribution in [2.45, 2.75) is 26.7 Å². The summed E-state index contributed by atoms with van der Waals surface area (Å²) in [6.07, 6.45) is 0.918. The second kappa shape index (κ2) is 5.92. The van der Waals surface area contributed by atoms with Gasteiger partial charge in [-0.1, -0.05) is 0 Å². The third-order valence-electron chi connectivity index (χ3n) is 4.36. The topological polar surface area (TPSA) is 95.6 Å². The van der Waals surface area contributed by atoms with E-state index < -0.39 is 15.4 Å². The number of nitrogens with one attached hydrogen (secondary N) is 2. The number of piperidine rings is 1. The summed E-state index contributed by atoms with van der Waals surface area (Å²) >= 11 is 0. The molecule has 2 aliphatic rings. The fraction of sp³-hybridized carbons (Fsp3) is 0.846. The number of amides is 2. The normalized spacial score (nSPS) is 27.8. The highest BCUT2D eigenvalue weighted by Crippen LogP contribution is 2.26. The molecule has 0 spiro atoms. The first-order valence-electron chi connectivity index (χ1n) is 7.29. The molecule has 0 aliphatic carbocycles. The highest BCUT2D eigenvalue weighted by Gasteiger charge is 2.39. The number of carbonyl (C=O) groups is 2. The van der Waals surface area contributed by atoms with Crippen LogP contribution in [0.3, 0.4) is 0 Å². The Kier molecular flexibility index (Phi) is 4.57.